The van der Waals surface area contributed by atoms with Gasteiger partial charge in [0, 0.05) is 8.95 Å². The minimum atomic E-state index is -0.502. The lowest BCUT2D eigenvalue weighted by molar-refractivity contribution is 0.590. The highest BCUT2D eigenvalue weighted by atomic mass is 79.9. The van der Waals surface area contributed by atoms with E-state index in [0.29, 0.717) is 0 Å². The molecule has 0 spiro atoms. The van der Waals surface area contributed by atoms with Gasteiger partial charge in [-0.05, 0) is 194 Å². The summed E-state index contributed by atoms with van der Waals surface area (Å²) in [6.45, 7) is 23.4. The predicted octanol–water partition coefficient (Wildman–Crippen LogP) is 19.3. The molecule has 0 radical (unpaired) electrons. The summed E-state index contributed by atoms with van der Waals surface area (Å²) >= 11 is 7.83. The lowest BCUT2D eigenvalue weighted by Crippen LogP contribution is -2.28. The maximum absolute atomic E-state index is 3.91. The average molecular weight is 979 g/mol. The molecule has 9 aromatic carbocycles. The molecule has 9 aromatic rings. The van der Waals surface area contributed by atoms with Crippen LogP contribution in [0.2, 0.25) is 0 Å². The molecule has 0 saturated heterocycles. The van der Waals surface area contributed by atoms with Crippen LogP contribution < -0.4 is 0 Å². The van der Waals surface area contributed by atoms with Crippen molar-refractivity contribution in [2.24, 2.45) is 0 Å². The minimum absolute atomic E-state index is 0.000914. The van der Waals surface area contributed by atoms with Gasteiger partial charge in [-0.2, -0.15) is 0 Å². The van der Waals surface area contributed by atoms with Gasteiger partial charge < -0.3 is 0 Å². The van der Waals surface area contributed by atoms with Crippen LogP contribution in [0.3, 0.4) is 0 Å². The zero-order valence-electron chi connectivity index (χ0n) is 40.0. The SMILES string of the molecule is CCCCCCc1ccc(C2(c3ccc(-c4cc5cc(C(C)(C)C)cc6c7cc(C(C)(C)C)cc8cc(C(C)(C)C)cc(c(c4)c56)c87)cc3)c3cc(Br)ccc3-c3ccc(Br)cc32)cc1. The third kappa shape index (κ3) is 7.47. The van der Waals surface area contributed by atoms with E-state index < -0.39 is 5.41 Å². The Balaban J connectivity index is 1.21. The molecule has 0 nitrogen and oxygen atoms in total. The summed E-state index contributed by atoms with van der Waals surface area (Å²) in [7, 11) is 0. The smallest absolute Gasteiger partial charge is 0.0654 e. The van der Waals surface area contributed by atoms with Crippen LogP contribution in [0.5, 0.6) is 0 Å². The van der Waals surface area contributed by atoms with Gasteiger partial charge in [0.15, 0.2) is 0 Å². The van der Waals surface area contributed by atoms with Crippen molar-refractivity contribution in [3.8, 4) is 22.3 Å². The van der Waals surface area contributed by atoms with Crippen molar-refractivity contribution in [1.29, 1.82) is 0 Å². The average Bonchev–Trinajstić information content (AvgIpc) is 3.54. The molecular weight excluding hydrogens is 917 g/mol. The summed E-state index contributed by atoms with van der Waals surface area (Å²) in [4.78, 5) is 0. The Bertz CT molecular complexity index is 3230. The van der Waals surface area contributed by atoms with E-state index in [1.54, 1.807) is 0 Å². The van der Waals surface area contributed by atoms with Crippen molar-refractivity contribution in [2.75, 3.05) is 0 Å². The maximum atomic E-state index is 3.91. The summed E-state index contributed by atoms with van der Waals surface area (Å²) in [6.07, 6.45) is 6.20. The molecule has 1 aliphatic rings. The molecule has 0 aromatic heterocycles. The number of aryl methyl sites for hydroxylation is 1. The van der Waals surface area contributed by atoms with Gasteiger partial charge >= 0.3 is 0 Å². The van der Waals surface area contributed by atoms with Crippen LogP contribution in [-0.4, -0.2) is 0 Å². The molecular formula is C63H62Br2. The highest BCUT2D eigenvalue weighted by Crippen LogP contribution is 2.57. The molecule has 0 heterocycles. The Morgan fingerprint density at radius 1 is 0.415 bits per heavy atom. The van der Waals surface area contributed by atoms with E-state index in [-0.39, 0.29) is 16.2 Å². The second-order valence-corrected chi connectivity index (χ2v) is 24.1. The molecule has 65 heavy (non-hydrogen) atoms. The van der Waals surface area contributed by atoms with Crippen LogP contribution in [0.25, 0.3) is 65.3 Å². The first-order chi connectivity index (χ1) is 30.9. The second-order valence-electron chi connectivity index (χ2n) is 22.3. The van der Waals surface area contributed by atoms with E-state index in [2.05, 4.69) is 235 Å². The van der Waals surface area contributed by atoms with Gasteiger partial charge in [-0.25, -0.2) is 0 Å². The summed E-state index contributed by atoms with van der Waals surface area (Å²) < 4.78 is 2.19. The minimum Gasteiger partial charge on any atom is -0.0654 e. The molecule has 0 fully saturated rings. The largest absolute Gasteiger partial charge is 0.0714 e. The van der Waals surface area contributed by atoms with Gasteiger partial charge in [-0.15, -0.1) is 0 Å². The first-order valence-electron chi connectivity index (χ1n) is 23.9. The lowest BCUT2D eigenvalue weighted by atomic mass is 9.67. The Kier molecular flexibility index (Phi) is 10.8. The first kappa shape index (κ1) is 44.1. The van der Waals surface area contributed by atoms with Crippen molar-refractivity contribution >= 4 is 74.9 Å². The fourth-order valence-electron chi connectivity index (χ4n) is 11.0. The van der Waals surface area contributed by atoms with E-state index in [4.69, 9.17) is 0 Å². The van der Waals surface area contributed by atoms with Crippen molar-refractivity contribution in [1.82, 2.24) is 0 Å². The molecule has 0 aliphatic heterocycles. The maximum Gasteiger partial charge on any atom is 0.0714 e. The number of hydrogen-bond donors (Lipinski definition) is 0. The number of hydrogen-bond acceptors (Lipinski definition) is 0. The third-order valence-corrected chi connectivity index (χ3v) is 15.7. The van der Waals surface area contributed by atoms with Gasteiger partial charge in [0.2, 0.25) is 0 Å². The van der Waals surface area contributed by atoms with Crippen LogP contribution in [-0.2, 0) is 28.1 Å². The fraction of sp³-hybridized carbons (Fsp3) is 0.302. The van der Waals surface area contributed by atoms with Gasteiger partial charge in [0.05, 0.1) is 5.41 Å². The zero-order valence-corrected chi connectivity index (χ0v) is 43.2. The second kappa shape index (κ2) is 16.0. The molecule has 0 amide bonds. The summed E-state index contributed by atoms with van der Waals surface area (Å²) in [5.41, 5.74) is 15.3. The highest BCUT2D eigenvalue weighted by Gasteiger charge is 2.46. The van der Waals surface area contributed by atoms with Crippen LogP contribution in [0.15, 0.2) is 142 Å². The van der Waals surface area contributed by atoms with E-state index in [1.807, 2.05) is 0 Å². The molecule has 10 rings (SSSR count). The van der Waals surface area contributed by atoms with Crippen molar-refractivity contribution in [3.63, 3.8) is 0 Å². The van der Waals surface area contributed by atoms with Crippen LogP contribution >= 0.6 is 31.9 Å². The topological polar surface area (TPSA) is 0 Å². The molecule has 0 unspecified atom stereocenters. The Hall–Kier alpha value is -4.76. The first-order valence-corrected chi connectivity index (χ1v) is 25.5. The predicted molar refractivity (Wildman–Crippen MR) is 290 cm³/mol. The van der Waals surface area contributed by atoms with Crippen LogP contribution in [0.4, 0.5) is 0 Å². The molecule has 0 bridgehead atoms. The van der Waals surface area contributed by atoms with Gasteiger partial charge in [0.1, 0.15) is 0 Å². The highest BCUT2D eigenvalue weighted by molar-refractivity contribution is 9.10. The van der Waals surface area contributed by atoms with E-state index >= 15 is 0 Å². The molecule has 2 heteroatoms. The van der Waals surface area contributed by atoms with E-state index in [0.717, 1.165) is 15.4 Å². The summed E-state index contributed by atoms with van der Waals surface area (Å²) in [6, 6.07) is 52.9. The van der Waals surface area contributed by atoms with Crippen molar-refractivity contribution in [3.05, 3.63) is 187 Å². The quantitative estimate of drug-likeness (QED) is 0.0809. The van der Waals surface area contributed by atoms with Crippen molar-refractivity contribution in [2.45, 2.75) is 123 Å². The number of halogens is 2. The van der Waals surface area contributed by atoms with Crippen LogP contribution in [0, 0.1) is 0 Å². The van der Waals surface area contributed by atoms with Crippen molar-refractivity contribution < 1.29 is 0 Å². The lowest BCUT2D eigenvalue weighted by Gasteiger charge is -2.34. The van der Waals surface area contributed by atoms with Crippen LogP contribution in [0.1, 0.15) is 139 Å². The standard InChI is InChI=1S/C63H62Br2/c1-11-12-13-14-15-38-16-20-43(21-17-38)63(56-36-48(64)24-26-50(56)51-27-25-49(65)37-57(51)63)44-22-18-39(19-23-44)40-28-41-29-45(60(2,3)4)34-54-55-35-47(62(8,9)10)31-42-30-46(61(5,6)7)33-53(59(42)55)52(32-40)58(41)54/h16-37H,11-15H2,1-10H3. The molecule has 1 aliphatic carbocycles. The molecule has 0 atom stereocenters. The third-order valence-electron chi connectivity index (χ3n) is 14.7. The monoisotopic (exact) mass is 976 g/mol. The van der Waals surface area contributed by atoms with E-state index in [9.17, 15) is 0 Å². The fourth-order valence-corrected chi connectivity index (χ4v) is 11.7. The van der Waals surface area contributed by atoms with E-state index in [1.165, 1.54) is 136 Å². The normalized spacial score (nSPS) is 14.0. The Morgan fingerprint density at radius 2 is 0.846 bits per heavy atom. The molecule has 0 N–H and O–H groups in total. The molecule has 0 saturated carbocycles. The zero-order chi connectivity index (χ0) is 45.8. The van der Waals surface area contributed by atoms with Gasteiger partial charge in [-0.3, -0.25) is 0 Å². The number of rotatable bonds is 8. The Morgan fingerprint density at radius 3 is 1.29 bits per heavy atom. The number of fused-ring (bicyclic) bond motifs is 5. The van der Waals surface area contributed by atoms with Gasteiger partial charge in [0.25, 0.3) is 0 Å². The summed E-state index contributed by atoms with van der Waals surface area (Å²) in [5, 5.41) is 10.8. The number of unbranched alkanes of at least 4 members (excludes halogenated alkanes) is 3. The van der Waals surface area contributed by atoms with Gasteiger partial charge in [-0.1, -0.05) is 199 Å². The molecule has 328 valence electrons. The summed E-state index contributed by atoms with van der Waals surface area (Å²) in [5.74, 6) is 0. The Labute approximate surface area is 404 Å². The number of benzene rings is 9.